The normalized spacial score (nSPS) is 12.4. The Bertz CT molecular complexity index is 611. The van der Waals surface area contributed by atoms with Gasteiger partial charge in [0, 0.05) is 25.6 Å². The Morgan fingerprint density at radius 2 is 1.71 bits per heavy atom. The molecular weight excluding hydrogens is 392 g/mol. The van der Waals surface area contributed by atoms with E-state index in [9.17, 15) is 0 Å². The van der Waals surface area contributed by atoms with Crippen molar-refractivity contribution in [1.29, 1.82) is 0 Å². The van der Waals surface area contributed by atoms with Crippen molar-refractivity contribution in [3.63, 3.8) is 0 Å². The molecule has 1 nitrogen and oxygen atoms in total. The van der Waals surface area contributed by atoms with E-state index in [1.54, 1.807) is 6.07 Å². The fourth-order valence-electron chi connectivity index (χ4n) is 2.24. The minimum absolute atomic E-state index is 0.116. The number of hydrogen-bond donors (Lipinski definition) is 1. The van der Waals surface area contributed by atoms with E-state index < -0.39 is 0 Å². The molecule has 0 saturated carbocycles. The Hall–Kier alpha value is -0.250. The monoisotopic (exact) mass is 405 g/mol. The van der Waals surface area contributed by atoms with Gasteiger partial charge in [-0.25, -0.2) is 0 Å². The largest absolute Gasteiger partial charge is 0.310 e. The summed E-state index contributed by atoms with van der Waals surface area (Å²) in [7, 11) is 0. The third-order valence-electron chi connectivity index (χ3n) is 3.18. The number of nitrogens with one attached hydrogen (secondary N) is 1. The SMILES string of the molecule is CCNC(Cc1ccc(Br)cc1Cl)c1cc(Cl)cc(Cl)c1. The van der Waals surface area contributed by atoms with Crippen molar-refractivity contribution in [3.8, 4) is 0 Å². The molecule has 2 aromatic rings. The average molecular weight is 408 g/mol. The van der Waals surface area contributed by atoms with E-state index in [2.05, 4.69) is 28.2 Å². The van der Waals surface area contributed by atoms with Crippen LogP contribution in [0.2, 0.25) is 15.1 Å². The van der Waals surface area contributed by atoms with Gasteiger partial charge in [-0.3, -0.25) is 0 Å². The molecule has 0 fully saturated rings. The van der Waals surface area contributed by atoms with Crippen LogP contribution in [0, 0.1) is 0 Å². The van der Waals surface area contributed by atoms with Crippen molar-refractivity contribution < 1.29 is 0 Å². The third-order valence-corrected chi connectivity index (χ3v) is 4.46. The predicted octanol–water partition coefficient (Wildman–Crippen LogP) is 6.30. The van der Waals surface area contributed by atoms with Gasteiger partial charge < -0.3 is 5.32 Å². The molecule has 0 aliphatic carbocycles. The van der Waals surface area contributed by atoms with Crippen molar-refractivity contribution in [2.45, 2.75) is 19.4 Å². The van der Waals surface area contributed by atoms with Crippen LogP contribution in [0.25, 0.3) is 0 Å². The van der Waals surface area contributed by atoms with Crippen LogP contribution in [0.3, 0.4) is 0 Å². The number of likely N-dealkylation sites (N-methyl/N-ethyl adjacent to an activating group) is 1. The van der Waals surface area contributed by atoms with E-state index >= 15 is 0 Å². The molecule has 112 valence electrons. The van der Waals surface area contributed by atoms with Gasteiger partial charge in [0.05, 0.1) is 0 Å². The number of hydrogen-bond acceptors (Lipinski definition) is 1. The van der Waals surface area contributed by atoms with Gasteiger partial charge in [-0.2, -0.15) is 0 Å². The van der Waals surface area contributed by atoms with E-state index in [1.165, 1.54) is 0 Å². The summed E-state index contributed by atoms with van der Waals surface area (Å²) in [6.07, 6.45) is 0.774. The van der Waals surface area contributed by atoms with Gasteiger partial charge in [-0.1, -0.05) is 63.7 Å². The number of rotatable bonds is 5. The molecule has 1 atom stereocenters. The van der Waals surface area contributed by atoms with E-state index in [1.807, 2.05) is 30.3 Å². The maximum absolute atomic E-state index is 6.31. The molecule has 2 rings (SSSR count). The van der Waals surface area contributed by atoms with Crippen LogP contribution < -0.4 is 5.32 Å². The Kier molecular flexibility index (Phi) is 6.39. The molecule has 0 aliphatic heterocycles. The summed E-state index contributed by atoms with van der Waals surface area (Å²) in [5, 5.41) is 5.49. The topological polar surface area (TPSA) is 12.0 Å². The molecule has 0 aromatic heterocycles. The van der Waals surface area contributed by atoms with Crippen molar-refractivity contribution in [2.24, 2.45) is 0 Å². The first kappa shape index (κ1) is 17.1. The molecule has 0 saturated heterocycles. The van der Waals surface area contributed by atoms with E-state index in [0.717, 1.165) is 33.6 Å². The minimum Gasteiger partial charge on any atom is -0.310 e. The van der Waals surface area contributed by atoms with Crippen LogP contribution in [-0.4, -0.2) is 6.54 Å². The lowest BCUT2D eigenvalue weighted by atomic mass is 9.98. The van der Waals surface area contributed by atoms with Crippen LogP contribution in [0.5, 0.6) is 0 Å². The zero-order valence-electron chi connectivity index (χ0n) is 11.5. The lowest BCUT2D eigenvalue weighted by Gasteiger charge is -2.20. The van der Waals surface area contributed by atoms with E-state index in [4.69, 9.17) is 34.8 Å². The fraction of sp³-hybridized carbons (Fsp3) is 0.250. The minimum atomic E-state index is 0.116. The summed E-state index contributed by atoms with van der Waals surface area (Å²) < 4.78 is 0.974. The van der Waals surface area contributed by atoms with E-state index in [-0.39, 0.29) is 6.04 Å². The van der Waals surface area contributed by atoms with Gasteiger partial charge in [-0.05, 0) is 54.4 Å². The summed E-state index contributed by atoms with van der Waals surface area (Å²) in [5.74, 6) is 0. The Labute approximate surface area is 148 Å². The second kappa shape index (κ2) is 7.85. The highest BCUT2D eigenvalue weighted by atomic mass is 79.9. The molecule has 0 radical (unpaired) electrons. The van der Waals surface area contributed by atoms with Gasteiger partial charge >= 0.3 is 0 Å². The lowest BCUT2D eigenvalue weighted by molar-refractivity contribution is 0.550. The maximum atomic E-state index is 6.31. The molecule has 2 aromatic carbocycles. The Balaban J connectivity index is 2.30. The van der Waals surface area contributed by atoms with Crippen molar-refractivity contribution in [1.82, 2.24) is 5.32 Å². The molecule has 0 amide bonds. The summed E-state index contributed by atoms with van der Waals surface area (Å²) >= 11 is 21.9. The molecule has 21 heavy (non-hydrogen) atoms. The summed E-state index contributed by atoms with van der Waals surface area (Å²) in [5.41, 5.74) is 2.15. The van der Waals surface area contributed by atoms with Crippen LogP contribution in [0.1, 0.15) is 24.1 Å². The van der Waals surface area contributed by atoms with Crippen LogP contribution in [-0.2, 0) is 6.42 Å². The quantitative estimate of drug-likeness (QED) is 0.613. The lowest BCUT2D eigenvalue weighted by Crippen LogP contribution is -2.23. The average Bonchev–Trinajstić information content (AvgIpc) is 2.40. The standard InChI is InChI=1S/C16H15BrCl3N/c1-2-21-16(11-5-13(18)9-14(19)6-11)7-10-3-4-12(17)8-15(10)20/h3-6,8-9,16,21H,2,7H2,1H3. The van der Waals surface area contributed by atoms with Gasteiger partial charge in [0.2, 0.25) is 0 Å². The first-order valence-electron chi connectivity index (χ1n) is 6.63. The highest BCUT2D eigenvalue weighted by Gasteiger charge is 2.14. The number of benzene rings is 2. The molecule has 1 unspecified atom stereocenters. The Morgan fingerprint density at radius 3 is 2.29 bits per heavy atom. The van der Waals surface area contributed by atoms with Crippen LogP contribution >= 0.6 is 50.7 Å². The van der Waals surface area contributed by atoms with Crippen LogP contribution in [0.15, 0.2) is 40.9 Å². The molecule has 0 aliphatic rings. The van der Waals surface area contributed by atoms with Crippen molar-refractivity contribution in [3.05, 3.63) is 67.1 Å². The first-order chi connectivity index (χ1) is 9.99. The summed E-state index contributed by atoms with van der Waals surface area (Å²) in [4.78, 5) is 0. The molecule has 1 N–H and O–H groups in total. The van der Waals surface area contributed by atoms with Crippen LogP contribution in [0.4, 0.5) is 0 Å². The maximum Gasteiger partial charge on any atom is 0.0449 e. The summed E-state index contributed by atoms with van der Waals surface area (Å²) in [6, 6.07) is 11.7. The van der Waals surface area contributed by atoms with Gasteiger partial charge in [0.15, 0.2) is 0 Å². The third kappa shape index (κ3) is 4.87. The molecule has 0 heterocycles. The molecule has 0 spiro atoms. The van der Waals surface area contributed by atoms with Gasteiger partial charge in [-0.15, -0.1) is 0 Å². The van der Waals surface area contributed by atoms with Gasteiger partial charge in [0.1, 0.15) is 0 Å². The fourth-order valence-corrected chi connectivity index (χ4v) is 3.53. The highest BCUT2D eigenvalue weighted by Crippen LogP contribution is 2.29. The second-order valence-corrected chi connectivity index (χ2v) is 6.95. The van der Waals surface area contributed by atoms with Crippen molar-refractivity contribution >= 4 is 50.7 Å². The second-order valence-electron chi connectivity index (χ2n) is 4.75. The number of halogens is 4. The highest BCUT2D eigenvalue weighted by molar-refractivity contribution is 9.10. The first-order valence-corrected chi connectivity index (χ1v) is 8.55. The van der Waals surface area contributed by atoms with Gasteiger partial charge in [0.25, 0.3) is 0 Å². The summed E-state index contributed by atoms with van der Waals surface area (Å²) in [6.45, 7) is 2.92. The smallest absolute Gasteiger partial charge is 0.0449 e. The predicted molar refractivity (Wildman–Crippen MR) is 95.7 cm³/mol. The van der Waals surface area contributed by atoms with E-state index in [0.29, 0.717) is 10.0 Å². The zero-order valence-corrected chi connectivity index (χ0v) is 15.3. The molecule has 5 heteroatoms. The Morgan fingerprint density at radius 1 is 1.05 bits per heavy atom. The molecular formula is C16H15BrCl3N. The zero-order chi connectivity index (χ0) is 15.4. The van der Waals surface area contributed by atoms with Crippen molar-refractivity contribution in [2.75, 3.05) is 6.54 Å². The molecule has 0 bridgehead atoms.